The summed E-state index contributed by atoms with van der Waals surface area (Å²) >= 11 is 0. The Morgan fingerprint density at radius 2 is 1.96 bits per heavy atom. The number of aromatic nitrogens is 2. The molecule has 4 rings (SSSR count). The predicted octanol–water partition coefficient (Wildman–Crippen LogP) is 3.26. The van der Waals surface area contributed by atoms with Crippen molar-refractivity contribution >= 4 is 11.6 Å². The molecule has 1 saturated heterocycles. The number of fused-ring (bicyclic) bond motifs is 1. The topological polar surface area (TPSA) is 55.6 Å². The van der Waals surface area contributed by atoms with Gasteiger partial charge in [-0.1, -0.05) is 18.2 Å². The van der Waals surface area contributed by atoms with Gasteiger partial charge < -0.3 is 14.5 Å². The van der Waals surface area contributed by atoms with Crippen molar-refractivity contribution in [3.63, 3.8) is 0 Å². The van der Waals surface area contributed by atoms with Crippen molar-refractivity contribution in [2.75, 3.05) is 19.8 Å². The van der Waals surface area contributed by atoms with Crippen LogP contribution in [0.1, 0.15) is 34.6 Å². The minimum atomic E-state index is -0.259. The third kappa shape index (κ3) is 3.45. The van der Waals surface area contributed by atoms with E-state index >= 15 is 0 Å². The second-order valence-electron chi connectivity index (χ2n) is 7.10. The van der Waals surface area contributed by atoms with Gasteiger partial charge in [0.25, 0.3) is 5.91 Å². The number of amides is 1. The minimum absolute atomic E-state index is 0.203. The van der Waals surface area contributed by atoms with E-state index in [2.05, 4.69) is 10.3 Å². The Hall–Kier alpha value is -2.73. The molecule has 6 heteroatoms. The number of imidazole rings is 1. The van der Waals surface area contributed by atoms with Crippen LogP contribution in [0.15, 0.2) is 48.7 Å². The van der Waals surface area contributed by atoms with Crippen molar-refractivity contribution in [2.45, 2.75) is 25.2 Å². The molecule has 1 N–H and O–H groups in total. The number of carbonyl (C=O) groups excluding carboxylic acids is 1. The molecule has 1 aliphatic rings. The van der Waals surface area contributed by atoms with Gasteiger partial charge in [0.1, 0.15) is 17.2 Å². The number of hydrogen-bond donors (Lipinski definition) is 1. The highest BCUT2D eigenvalue weighted by atomic mass is 19.1. The minimum Gasteiger partial charge on any atom is -0.381 e. The summed E-state index contributed by atoms with van der Waals surface area (Å²) in [5.74, 6) is -0.462. The summed E-state index contributed by atoms with van der Waals surface area (Å²) in [4.78, 5) is 17.1. The molecular formula is C21H22FN3O2. The molecule has 0 saturated carbocycles. The maximum absolute atomic E-state index is 13.3. The molecule has 0 atom stereocenters. The van der Waals surface area contributed by atoms with E-state index in [0.717, 1.165) is 29.7 Å². The first-order valence-corrected chi connectivity index (χ1v) is 9.14. The molecule has 140 valence electrons. The largest absolute Gasteiger partial charge is 0.381 e. The summed E-state index contributed by atoms with van der Waals surface area (Å²) < 4.78 is 20.8. The third-order valence-corrected chi connectivity index (χ3v) is 5.42. The van der Waals surface area contributed by atoms with Crippen molar-refractivity contribution < 1.29 is 13.9 Å². The van der Waals surface area contributed by atoms with Gasteiger partial charge >= 0.3 is 0 Å². The van der Waals surface area contributed by atoms with Crippen LogP contribution in [0, 0.1) is 12.7 Å². The maximum Gasteiger partial charge on any atom is 0.271 e. The van der Waals surface area contributed by atoms with E-state index in [9.17, 15) is 9.18 Å². The number of nitrogens with zero attached hydrogens (tertiary/aromatic N) is 2. The first-order chi connectivity index (χ1) is 13.1. The summed E-state index contributed by atoms with van der Waals surface area (Å²) in [7, 11) is 0. The second kappa shape index (κ2) is 7.12. The van der Waals surface area contributed by atoms with E-state index < -0.39 is 0 Å². The zero-order valence-corrected chi connectivity index (χ0v) is 15.2. The Morgan fingerprint density at radius 3 is 2.67 bits per heavy atom. The third-order valence-electron chi connectivity index (χ3n) is 5.42. The number of pyridine rings is 1. The molecule has 0 spiro atoms. The average Bonchev–Trinajstić information content (AvgIpc) is 3.13. The fraction of sp³-hybridized carbons (Fsp3) is 0.333. The number of nitrogens with one attached hydrogen (secondary N) is 1. The lowest BCUT2D eigenvalue weighted by atomic mass is 9.74. The van der Waals surface area contributed by atoms with Gasteiger partial charge in [-0.05, 0) is 49.6 Å². The monoisotopic (exact) mass is 367 g/mol. The number of halogens is 1. The molecule has 1 amide bonds. The first kappa shape index (κ1) is 17.7. The van der Waals surface area contributed by atoms with Crippen LogP contribution in [0.2, 0.25) is 0 Å². The van der Waals surface area contributed by atoms with Gasteiger partial charge in [-0.3, -0.25) is 4.79 Å². The van der Waals surface area contributed by atoms with Crippen molar-refractivity contribution in [1.29, 1.82) is 0 Å². The quantitative estimate of drug-likeness (QED) is 0.770. The summed E-state index contributed by atoms with van der Waals surface area (Å²) in [6.07, 6.45) is 3.32. The molecule has 1 fully saturated rings. The Morgan fingerprint density at radius 1 is 1.22 bits per heavy atom. The SMILES string of the molecule is Cc1cccc2nc(C(=O)NCC3(c4ccc(F)cc4)CCOCC3)cn12. The van der Waals surface area contributed by atoms with E-state index in [4.69, 9.17) is 4.74 Å². The summed E-state index contributed by atoms with van der Waals surface area (Å²) in [5, 5.41) is 3.04. The molecule has 1 aliphatic heterocycles. The number of ether oxygens (including phenoxy) is 1. The lowest BCUT2D eigenvalue weighted by Gasteiger charge is -2.37. The number of aryl methyl sites for hydroxylation is 1. The number of benzene rings is 1. The van der Waals surface area contributed by atoms with Gasteiger partial charge in [0, 0.05) is 37.1 Å². The molecule has 27 heavy (non-hydrogen) atoms. The van der Waals surface area contributed by atoms with Gasteiger partial charge in [-0.25, -0.2) is 9.37 Å². The normalized spacial score (nSPS) is 16.4. The van der Waals surface area contributed by atoms with Crippen LogP contribution in [0.25, 0.3) is 5.65 Å². The molecule has 2 aromatic heterocycles. The van der Waals surface area contributed by atoms with Crippen LogP contribution in [-0.2, 0) is 10.2 Å². The van der Waals surface area contributed by atoms with Gasteiger partial charge in [0.2, 0.25) is 0 Å². The molecule has 0 aliphatic carbocycles. The predicted molar refractivity (Wildman–Crippen MR) is 100 cm³/mol. The molecule has 0 bridgehead atoms. The van der Waals surface area contributed by atoms with Crippen molar-refractivity contribution in [3.8, 4) is 0 Å². The van der Waals surface area contributed by atoms with E-state index in [1.165, 1.54) is 12.1 Å². The van der Waals surface area contributed by atoms with E-state index in [1.807, 2.05) is 29.5 Å². The van der Waals surface area contributed by atoms with Crippen LogP contribution < -0.4 is 5.32 Å². The van der Waals surface area contributed by atoms with Crippen molar-refractivity contribution in [3.05, 3.63) is 71.4 Å². The van der Waals surface area contributed by atoms with Crippen molar-refractivity contribution in [2.24, 2.45) is 0 Å². The van der Waals surface area contributed by atoms with Crippen molar-refractivity contribution in [1.82, 2.24) is 14.7 Å². The second-order valence-corrected chi connectivity index (χ2v) is 7.10. The fourth-order valence-corrected chi connectivity index (χ4v) is 3.73. The molecule has 3 aromatic rings. The summed E-state index contributed by atoms with van der Waals surface area (Å²) in [5.41, 5.74) is 2.94. The van der Waals surface area contributed by atoms with Gasteiger partial charge in [-0.15, -0.1) is 0 Å². The lowest BCUT2D eigenvalue weighted by Crippen LogP contribution is -2.44. The van der Waals surface area contributed by atoms with Crippen LogP contribution in [-0.4, -0.2) is 35.1 Å². The highest BCUT2D eigenvalue weighted by Crippen LogP contribution is 2.34. The summed E-state index contributed by atoms with van der Waals surface area (Å²) in [6, 6.07) is 12.3. The molecule has 1 aromatic carbocycles. The van der Waals surface area contributed by atoms with Crippen LogP contribution in [0.3, 0.4) is 0 Å². The molecule has 3 heterocycles. The zero-order chi connectivity index (χ0) is 18.9. The lowest BCUT2D eigenvalue weighted by molar-refractivity contribution is 0.0486. The zero-order valence-electron chi connectivity index (χ0n) is 15.2. The Bertz CT molecular complexity index is 959. The van der Waals surface area contributed by atoms with Crippen LogP contribution in [0.5, 0.6) is 0 Å². The Balaban J connectivity index is 1.55. The van der Waals surface area contributed by atoms with E-state index in [0.29, 0.717) is 25.5 Å². The van der Waals surface area contributed by atoms with Gasteiger partial charge in [0.15, 0.2) is 0 Å². The Labute approximate surface area is 157 Å². The standard InChI is InChI=1S/C21H22FN3O2/c1-15-3-2-4-19-24-18(13-25(15)19)20(26)23-14-21(9-11-27-12-10-21)16-5-7-17(22)8-6-16/h2-8,13H,9-12,14H2,1H3,(H,23,26). The molecule has 5 nitrogen and oxygen atoms in total. The number of carbonyl (C=O) groups is 1. The Kier molecular flexibility index (Phi) is 4.66. The first-order valence-electron chi connectivity index (χ1n) is 9.14. The smallest absolute Gasteiger partial charge is 0.271 e. The highest BCUT2D eigenvalue weighted by Gasteiger charge is 2.35. The number of hydrogen-bond acceptors (Lipinski definition) is 3. The van der Waals surface area contributed by atoms with E-state index in [1.54, 1.807) is 18.3 Å². The highest BCUT2D eigenvalue weighted by molar-refractivity contribution is 5.93. The fourth-order valence-electron chi connectivity index (χ4n) is 3.73. The maximum atomic E-state index is 13.3. The molecular weight excluding hydrogens is 345 g/mol. The molecule has 0 radical (unpaired) electrons. The van der Waals surface area contributed by atoms with Gasteiger partial charge in [-0.2, -0.15) is 0 Å². The van der Waals surface area contributed by atoms with Crippen LogP contribution in [0.4, 0.5) is 4.39 Å². The van der Waals surface area contributed by atoms with Crippen LogP contribution >= 0.6 is 0 Å². The number of rotatable bonds is 4. The average molecular weight is 367 g/mol. The molecule has 0 unspecified atom stereocenters. The van der Waals surface area contributed by atoms with E-state index in [-0.39, 0.29) is 17.1 Å². The summed E-state index contributed by atoms with van der Waals surface area (Å²) in [6.45, 7) is 3.69. The van der Waals surface area contributed by atoms with Gasteiger partial charge in [0.05, 0.1) is 0 Å².